The second kappa shape index (κ2) is 6.02. The van der Waals surface area contributed by atoms with Crippen LogP contribution >= 0.6 is 11.3 Å². The van der Waals surface area contributed by atoms with Crippen LogP contribution in [0.2, 0.25) is 0 Å². The summed E-state index contributed by atoms with van der Waals surface area (Å²) in [5, 5.41) is 2.45. The molecule has 2 heterocycles. The molecule has 0 fully saturated rings. The second-order valence-corrected chi connectivity index (χ2v) is 6.37. The number of hydrogen-bond donors (Lipinski definition) is 1. The van der Waals surface area contributed by atoms with E-state index >= 15 is 0 Å². The molecule has 0 bridgehead atoms. The summed E-state index contributed by atoms with van der Waals surface area (Å²) >= 11 is 1.43. The van der Waals surface area contributed by atoms with E-state index < -0.39 is 0 Å². The molecule has 0 spiro atoms. The lowest BCUT2D eigenvalue weighted by molar-refractivity contribution is 0.628. The largest absolute Gasteiger partial charge is 0.310 e. The van der Waals surface area contributed by atoms with Crippen LogP contribution in [0.4, 0.5) is 4.39 Å². The summed E-state index contributed by atoms with van der Waals surface area (Å²) in [5.74, 6) is 0.349. The van der Waals surface area contributed by atoms with Crippen molar-refractivity contribution in [2.45, 2.75) is 6.42 Å². The number of halogens is 1. The van der Waals surface area contributed by atoms with Crippen LogP contribution in [0.5, 0.6) is 0 Å². The summed E-state index contributed by atoms with van der Waals surface area (Å²) in [6.07, 6.45) is 0.579. The molecule has 0 amide bonds. The lowest BCUT2D eigenvalue weighted by atomic mass is 10.1. The molecular weight excluding hydrogens is 323 g/mol. The van der Waals surface area contributed by atoms with Gasteiger partial charge in [0.2, 0.25) is 0 Å². The van der Waals surface area contributed by atoms with E-state index in [9.17, 15) is 9.18 Å². The molecule has 2 aromatic heterocycles. The van der Waals surface area contributed by atoms with Crippen molar-refractivity contribution >= 4 is 21.6 Å². The fourth-order valence-corrected chi connectivity index (χ4v) is 3.68. The summed E-state index contributed by atoms with van der Waals surface area (Å²) in [6, 6.07) is 16.0. The van der Waals surface area contributed by atoms with Gasteiger partial charge in [0, 0.05) is 17.4 Å². The van der Waals surface area contributed by atoms with Crippen LogP contribution in [0.15, 0.2) is 64.8 Å². The summed E-state index contributed by atoms with van der Waals surface area (Å²) in [5.41, 5.74) is 2.53. The molecule has 0 saturated carbocycles. The van der Waals surface area contributed by atoms with Gasteiger partial charge in [-0.1, -0.05) is 42.5 Å². The van der Waals surface area contributed by atoms with Crippen molar-refractivity contribution in [2.24, 2.45) is 0 Å². The minimum Gasteiger partial charge on any atom is -0.310 e. The Bertz CT molecular complexity index is 1050. The zero-order valence-corrected chi connectivity index (χ0v) is 13.4. The molecule has 0 radical (unpaired) electrons. The van der Waals surface area contributed by atoms with Crippen molar-refractivity contribution in [3.8, 4) is 11.1 Å². The Kier molecular flexibility index (Phi) is 3.70. The van der Waals surface area contributed by atoms with Gasteiger partial charge in [0.15, 0.2) is 0 Å². The van der Waals surface area contributed by atoms with Gasteiger partial charge in [-0.2, -0.15) is 0 Å². The maximum Gasteiger partial charge on any atom is 0.260 e. The highest BCUT2D eigenvalue weighted by molar-refractivity contribution is 7.17. The van der Waals surface area contributed by atoms with Gasteiger partial charge in [0.25, 0.3) is 5.56 Å². The number of fused-ring (bicyclic) bond motifs is 1. The maximum absolute atomic E-state index is 13.1. The second-order valence-electron chi connectivity index (χ2n) is 5.51. The molecule has 0 aliphatic carbocycles. The van der Waals surface area contributed by atoms with Crippen molar-refractivity contribution < 1.29 is 4.39 Å². The van der Waals surface area contributed by atoms with E-state index in [2.05, 4.69) is 9.97 Å². The quantitative estimate of drug-likeness (QED) is 0.603. The number of benzene rings is 2. The Balaban J connectivity index is 1.78. The van der Waals surface area contributed by atoms with Crippen LogP contribution in [0.25, 0.3) is 21.3 Å². The number of nitrogens with zero attached hydrogens (tertiary/aromatic N) is 1. The SMILES string of the molecule is O=c1[nH]c(Cc2ccccc2)nc2scc(-c3ccc(F)cc3)c12. The number of thiophene rings is 1. The molecule has 0 saturated heterocycles. The van der Waals surface area contributed by atoms with Gasteiger partial charge >= 0.3 is 0 Å². The van der Waals surface area contributed by atoms with Crippen molar-refractivity contribution in [2.75, 3.05) is 0 Å². The lowest BCUT2D eigenvalue weighted by Gasteiger charge is -2.03. The van der Waals surface area contributed by atoms with Crippen LogP contribution < -0.4 is 5.56 Å². The number of hydrogen-bond acceptors (Lipinski definition) is 3. The average Bonchev–Trinajstić information content (AvgIpc) is 3.01. The van der Waals surface area contributed by atoms with E-state index in [1.54, 1.807) is 12.1 Å². The molecule has 5 heteroatoms. The van der Waals surface area contributed by atoms with Crippen LogP contribution in [-0.4, -0.2) is 9.97 Å². The van der Waals surface area contributed by atoms with Gasteiger partial charge in [-0.15, -0.1) is 11.3 Å². The Morgan fingerprint density at radius 2 is 1.79 bits per heavy atom. The molecule has 24 heavy (non-hydrogen) atoms. The average molecular weight is 336 g/mol. The number of H-pyrrole nitrogens is 1. The first-order chi connectivity index (χ1) is 11.7. The molecule has 1 N–H and O–H groups in total. The zero-order valence-electron chi connectivity index (χ0n) is 12.6. The van der Waals surface area contributed by atoms with Gasteiger partial charge in [0.1, 0.15) is 16.5 Å². The fraction of sp³-hybridized carbons (Fsp3) is 0.0526. The maximum atomic E-state index is 13.1. The lowest BCUT2D eigenvalue weighted by Crippen LogP contribution is -2.11. The third-order valence-corrected chi connectivity index (χ3v) is 4.73. The van der Waals surface area contributed by atoms with Crippen LogP contribution in [0.1, 0.15) is 11.4 Å². The first kappa shape index (κ1) is 14.8. The highest BCUT2D eigenvalue weighted by Crippen LogP contribution is 2.30. The fourth-order valence-electron chi connectivity index (χ4n) is 2.71. The van der Waals surface area contributed by atoms with Gasteiger partial charge in [-0.25, -0.2) is 9.37 Å². The minimum atomic E-state index is -0.296. The van der Waals surface area contributed by atoms with Gasteiger partial charge in [-0.3, -0.25) is 4.79 Å². The zero-order chi connectivity index (χ0) is 16.5. The molecule has 118 valence electrons. The first-order valence-corrected chi connectivity index (χ1v) is 8.39. The van der Waals surface area contributed by atoms with Crippen LogP contribution in [0, 0.1) is 5.82 Å². The normalized spacial score (nSPS) is 11.0. The number of aromatic nitrogens is 2. The Labute approximate surface area is 141 Å². The van der Waals surface area contributed by atoms with Gasteiger partial charge in [0.05, 0.1) is 5.39 Å². The van der Waals surface area contributed by atoms with Crippen molar-refractivity contribution in [1.29, 1.82) is 0 Å². The van der Waals surface area contributed by atoms with E-state index in [1.165, 1.54) is 23.5 Å². The molecular formula is C19H13FN2OS. The van der Waals surface area contributed by atoms with Gasteiger partial charge < -0.3 is 4.98 Å². The van der Waals surface area contributed by atoms with Crippen LogP contribution in [-0.2, 0) is 6.42 Å². The number of aromatic amines is 1. The highest BCUT2D eigenvalue weighted by Gasteiger charge is 2.13. The summed E-state index contributed by atoms with van der Waals surface area (Å²) in [7, 11) is 0. The Morgan fingerprint density at radius 1 is 1.04 bits per heavy atom. The third-order valence-electron chi connectivity index (χ3n) is 3.86. The van der Waals surface area contributed by atoms with Crippen LogP contribution in [0.3, 0.4) is 0 Å². The summed E-state index contributed by atoms with van der Waals surface area (Å²) in [6.45, 7) is 0. The van der Waals surface area contributed by atoms with E-state index in [1.807, 2.05) is 35.7 Å². The Hall–Kier alpha value is -2.79. The summed E-state index contributed by atoms with van der Waals surface area (Å²) in [4.78, 5) is 20.7. The predicted molar refractivity (Wildman–Crippen MR) is 94.9 cm³/mol. The molecule has 4 rings (SSSR count). The van der Waals surface area contributed by atoms with E-state index in [4.69, 9.17) is 0 Å². The standard InChI is InChI=1S/C19H13FN2OS/c20-14-8-6-13(7-9-14)15-11-24-19-17(15)18(23)21-16(22-19)10-12-4-2-1-3-5-12/h1-9,11H,10H2,(H,21,22,23). The van der Waals surface area contributed by atoms with Gasteiger partial charge in [-0.05, 0) is 23.3 Å². The van der Waals surface area contributed by atoms with Crippen molar-refractivity contribution in [3.63, 3.8) is 0 Å². The van der Waals surface area contributed by atoms with E-state index in [0.717, 1.165) is 16.7 Å². The molecule has 4 aromatic rings. The van der Waals surface area contributed by atoms with Crippen molar-refractivity contribution in [3.05, 3.63) is 87.5 Å². The number of rotatable bonds is 3. The summed E-state index contributed by atoms with van der Waals surface area (Å²) < 4.78 is 13.1. The predicted octanol–water partition coefficient (Wildman–Crippen LogP) is 4.38. The topological polar surface area (TPSA) is 45.8 Å². The van der Waals surface area contributed by atoms with E-state index in [0.29, 0.717) is 22.5 Å². The molecule has 0 atom stereocenters. The third kappa shape index (κ3) is 2.74. The molecule has 0 aliphatic rings. The molecule has 0 unspecified atom stereocenters. The van der Waals surface area contributed by atoms with Crippen molar-refractivity contribution in [1.82, 2.24) is 9.97 Å². The first-order valence-electron chi connectivity index (χ1n) is 7.51. The smallest absolute Gasteiger partial charge is 0.260 e. The monoisotopic (exact) mass is 336 g/mol. The number of nitrogens with one attached hydrogen (secondary N) is 1. The molecule has 0 aliphatic heterocycles. The molecule has 2 aromatic carbocycles. The Morgan fingerprint density at radius 3 is 2.54 bits per heavy atom. The van der Waals surface area contributed by atoms with E-state index in [-0.39, 0.29) is 11.4 Å². The highest BCUT2D eigenvalue weighted by atomic mass is 32.1. The molecule has 3 nitrogen and oxygen atoms in total. The minimum absolute atomic E-state index is 0.161.